The summed E-state index contributed by atoms with van der Waals surface area (Å²) in [5.41, 5.74) is 0.633. The van der Waals surface area contributed by atoms with E-state index >= 15 is 0 Å². The standard InChI is InChI=1S/C13H12F3N3O/c14-13(15,16)8-19(9-4-5-9)12-10(7-20)18-6-2-1-3-11(18)17-12/h1-3,6-7,9H,4-5,8H2. The third-order valence-corrected chi connectivity index (χ3v) is 3.27. The number of hydrogen-bond acceptors (Lipinski definition) is 3. The zero-order chi connectivity index (χ0) is 14.3. The highest BCUT2D eigenvalue weighted by atomic mass is 19.4. The minimum absolute atomic E-state index is 0.117. The van der Waals surface area contributed by atoms with E-state index in [-0.39, 0.29) is 17.6 Å². The van der Waals surface area contributed by atoms with Crippen molar-refractivity contribution in [3.63, 3.8) is 0 Å². The van der Waals surface area contributed by atoms with Crippen molar-refractivity contribution in [2.24, 2.45) is 0 Å². The van der Waals surface area contributed by atoms with Gasteiger partial charge in [-0.25, -0.2) is 4.98 Å². The first-order valence-corrected chi connectivity index (χ1v) is 6.25. The maximum Gasteiger partial charge on any atom is 0.405 e. The van der Waals surface area contributed by atoms with Crippen LogP contribution in [0.4, 0.5) is 19.0 Å². The molecular weight excluding hydrogens is 271 g/mol. The molecule has 0 aromatic carbocycles. The lowest BCUT2D eigenvalue weighted by Gasteiger charge is -2.23. The highest BCUT2D eigenvalue weighted by Gasteiger charge is 2.40. The van der Waals surface area contributed by atoms with Crippen LogP contribution in [0.3, 0.4) is 0 Å². The lowest BCUT2D eigenvalue weighted by Crippen LogP contribution is -2.36. The molecule has 0 amide bonds. The van der Waals surface area contributed by atoms with E-state index < -0.39 is 12.7 Å². The van der Waals surface area contributed by atoms with E-state index in [4.69, 9.17) is 0 Å². The van der Waals surface area contributed by atoms with Crippen LogP contribution >= 0.6 is 0 Å². The Morgan fingerprint density at radius 1 is 1.40 bits per heavy atom. The number of imidazole rings is 1. The first-order valence-electron chi connectivity index (χ1n) is 6.25. The van der Waals surface area contributed by atoms with Crippen LogP contribution in [0.1, 0.15) is 23.3 Å². The molecule has 0 N–H and O–H groups in total. The number of anilines is 1. The van der Waals surface area contributed by atoms with E-state index in [0.29, 0.717) is 24.8 Å². The summed E-state index contributed by atoms with van der Waals surface area (Å²) in [6, 6.07) is 4.91. The number of pyridine rings is 1. The molecule has 0 bridgehead atoms. The minimum Gasteiger partial charge on any atom is -0.343 e. The molecule has 1 aliphatic carbocycles. The lowest BCUT2D eigenvalue weighted by atomic mass is 10.3. The number of hydrogen-bond donors (Lipinski definition) is 0. The number of halogens is 3. The summed E-state index contributed by atoms with van der Waals surface area (Å²) >= 11 is 0. The monoisotopic (exact) mass is 283 g/mol. The minimum atomic E-state index is -4.32. The van der Waals surface area contributed by atoms with Gasteiger partial charge in [-0.05, 0) is 25.0 Å². The number of nitrogens with zero attached hydrogens (tertiary/aromatic N) is 3. The Labute approximate surface area is 112 Å². The van der Waals surface area contributed by atoms with Gasteiger partial charge in [0, 0.05) is 12.2 Å². The molecule has 0 saturated heterocycles. The second-order valence-electron chi connectivity index (χ2n) is 4.84. The van der Waals surface area contributed by atoms with Gasteiger partial charge in [-0.1, -0.05) is 6.07 Å². The molecule has 0 unspecified atom stereocenters. The predicted molar refractivity (Wildman–Crippen MR) is 67.0 cm³/mol. The number of carbonyl (C=O) groups is 1. The van der Waals surface area contributed by atoms with Crippen molar-refractivity contribution >= 4 is 17.8 Å². The van der Waals surface area contributed by atoms with Gasteiger partial charge in [0.25, 0.3) is 0 Å². The molecular formula is C13H12F3N3O. The van der Waals surface area contributed by atoms with Crippen molar-refractivity contribution in [2.45, 2.75) is 25.1 Å². The zero-order valence-electron chi connectivity index (χ0n) is 10.5. The molecule has 106 valence electrons. The van der Waals surface area contributed by atoms with Crippen LogP contribution in [0.2, 0.25) is 0 Å². The number of carbonyl (C=O) groups excluding carboxylic acids is 1. The lowest BCUT2D eigenvalue weighted by molar-refractivity contribution is -0.120. The Bertz CT molecular complexity index is 646. The predicted octanol–water partition coefficient (Wildman–Crippen LogP) is 2.68. The third kappa shape index (κ3) is 2.35. The number of aromatic nitrogens is 2. The average Bonchev–Trinajstić information content (AvgIpc) is 3.15. The summed E-state index contributed by atoms with van der Waals surface area (Å²) < 4.78 is 39.6. The third-order valence-electron chi connectivity index (χ3n) is 3.27. The normalized spacial score (nSPS) is 15.6. The molecule has 20 heavy (non-hydrogen) atoms. The first kappa shape index (κ1) is 13.0. The number of aldehydes is 1. The molecule has 1 fully saturated rings. The van der Waals surface area contributed by atoms with Gasteiger partial charge in [0.1, 0.15) is 17.9 Å². The van der Waals surface area contributed by atoms with Crippen LogP contribution in [0.15, 0.2) is 24.4 Å². The molecule has 2 aromatic heterocycles. The van der Waals surface area contributed by atoms with Gasteiger partial charge in [-0.2, -0.15) is 13.2 Å². The Hall–Kier alpha value is -2.05. The van der Waals surface area contributed by atoms with E-state index in [1.807, 2.05) is 0 Å². The largest absolute Gasteiger partial charge is 0.405 e. The second-order valence-corrected chi connectivity index (χ2v) is 4.84. The molecule has 2 aromatic rings. The van der Waals surface area contributed by atoms with Gasteiger partial charge in [0.2, 0.25) is 0 Å². The number of rotatable bonds is 4. The van der Waals surface area contributed by atoms with Gasteiger partial charge in [-0.15, -0.1) is 0 Å². The summed E-state index contributed by atoms with van der Waals surface area (Å²) in [6.07, 6.45) is -0.752. The second kappa shape index (κ2) is 4.50. The van der Waals surface area contributed by atoms with Crippen molar-refractivity contribution in [3.8, 4) is 0 Å². The van der Waals surface area contributed by atoms with E-state index in [1.54, 1.807) is 24.4 Å². The molecule has 0 radical (unpaired) electrons. The molecule has 2 heterocycles. The van der Waals surface area contributed by atoms with Crippen molar-refractivity contribution in [1.82, 2.24) is 9.38 Å². The molecule has 0 spiro atoms. The molecule has 7 heteroatoms. The van der Waals surface area contributed by atoms with Crippen LogP contribution in [-0.4, -0.2) is 34.4 Å². The van der Waals surface area contributed by atoms with Crippen molar-refractivity contribution < 1.29 is 18.0 Å². The van der Waals surface area contributed by atoms with Gasteiger partial charge >= 0.3 is 6.18 Å². The van der Waals surface area contributed by atoms with Crippen LogP contribution in [0, 0.1) is 0 Å². The van der Waals surface area contributed by atoms with Crippen molar-refractivity contribution in [2.75, 3.05) is 11.4 Å². The summed E-state index contributed by atoms with van der Waals surface area (Å²) in [4.78, 5) is 16.6. The molecule has 0 atom stereocenters. The van der Waals surface area contributed by atoms with Crippen molar-refractivity contribution in [3.05, 3.63) is 30.1 Å². The van der Waals surface area contributed by atoms with Gasteiger partial charge in [0.15, 0.2) is 12.1 Å². The van der Waals surface area contributed by atoms with Crippen LogP contribution < -0.4 is 4.90 Å². The summed E-state index contributed by atoms with van der Waals surface area (Å²) in [7, 11) is 0. The maximum absolute atomic E-state index is 12.7. The summed E-state index contributed by atoms with van der Waals surface area (Å²) in [6.45, 7) is -1.08. The van der Waals surface area contributed by atoms with Gasteiger partial charge in [0.05, 0.1) is 0 Å². The van der Waals surface area contributed by atoms with E-state index in [9.17, 15) is 18.0 Å². The smallest absolute Gasteiger partial charge is 0.343 e. The van der Waals surface area contributed by atoms with Crippen LogP contribution in [0.5, 0.6) is 0 Å². The Morgan fingerprint density at radius 3 is 2.75 bits per heavy atom. The summed E-state index contributed by atoms with van der Waals surface area (Å²) in [5, 5.41) is 0. The highest BCUT2D eigenvalue weighted by Crippen LogP contribution is 2.35. The van der Waals surface area contributed by atoms with Crippen LogP contribution in [-0.2, 0) is 0 Å². The summed E-state index contributed by atoms with van der Waals surface area (Å²) in [5.74, 6) is 0.117. The molecule has 4 nitrogen and oxygen atoms in total. The van der Waals surface area contributed by atoms with E-state index in [1.165, 1.54) is 9.30 Å². The first-order chi connectivity index (χ1) is 9.49. The Morgan fingerprint density at radius 2 is 2.15 bits per heavy atom. The fraction of sp³-hybridized carbons (Fsp3) is 0.385. The number of alkyl halides is 3. The van der Waals surface area contributed by atoms with E-state index in [0.717, 1.165) is 0 Å². The number of fused-ring (bicyclic) bond motifs is 1. The topological polar surface area (TPSA) is 37.6 Å². The van der Waals surface area contributed by atoms with Crippen LogP contribution in [0.25, 0.3) is 5.65 Å². The maximum atomic E-state index is 12.7. The molecule has 1 aliphatic rings. The fourth-order valence-corrected chi connectivity index (χ4v) is 2.28. The Balaban J connectivity index is 2.08. The fourth-order valence-electron chi connectivity index (χ4n) is 2.28. The van der Waals surface area contributed by atoms with E-state index in [2.05, 4.69) is 4.98 Å². The van der Waals surface area contributed by atoms with Gasteiger partial charge in [-0.3, -0.25) is 9.20 Å². The Kier molecular flexibility index (Phi) is 2.92. The molecule has 1 saturated carbocycles. The zero-order valence-corrected chi connectivity index (χ0v) is 10.5. The van der Waals surface area contributed by atoms with Gasteiger partial charge < -0.3 is 4.90 Å². The SMILES string of the molecule is O=Cc1c(N(CC(F)(F)F)C2CC2)nc2ccccn12. The average molecular weight is 283 g/mol. The molecule has 3 rings (SSSR count). The quantitative estimate of drug-likeness (QED) is 0.810. The molecule has 0 aliphatic heterocycles. The highest BCUT2D eigenvalue weighted by molar-refractivity contribution is 5.83. The van der Waals surface area contributed by atoms with Crippen molar-refractivity contribution in [1.29, 1.82) is 0 Å².